The Hall–Kier alpha value is -2.16. The molecule has 0 N–H and O–H groups in total. The average molecular weight is 476 g/mol. The fraction of sp³-hybridized carbons (Fsp3) is 0.417. The standard InChI is InChI=1S/C24H30FN3O2S2/c1-4-27(5-2)14-15-28(24-26-21-13-10-19(30-3)17-22(21)32-24)23(29)7-6-16-31-20-11-8-18(25)9-12-20/h8-13,17H,4-7,14-16H2,1-3H3. The Bertz CT molecular complexity index is 1010. The van der Waals surface area contributed by atoms with Crippen LogP contribution in [0.5, 0.6) is 5.75 Å². The Labute approximate surface area is 197 Å². The van der Waals surface area contributed by atoms with Gasteiger partial charge in [-0.2, -0.15) is 0 Å². The van der Waals surface area contributed by atoms with E-state index in [1.54, 1.807) is 31.0 Å². The summed E-state index contributed by atoms with van der Waals surface area (Å²) in [6, 6.07) is 12.3. The van der Waals surface area contributed by atoms with Crippen LogP contribution >= 0.6 is 23.1 Å². The first kappa shape index (κ1) is 24.5. The monoisotopic (exact) mass is 475 g/mol. The molecule has 1 amide bonds. The maximum atomic E-state index is 13.2. The predicted molar refractivity (Wildman–Crippen MR) is 133 cm³/mol. The Balaban J connectivity index is 1.67. The predicted octanol–water partition coefficient (Wildman–Crippen LogP) is 5.69. The number of benzene rings is 2. The van der Waals surface area contributed by atoms with E-state index in [-0.39, 0.29) is 11.7 Å². The molecule has 0 atom stereocenters. The van der Waals surface area contributed by atoms with Gasteiger partial charge in [0.2, 0.25) is 5.91 Å². The Kier molecular flexibility index (Phi) is 9.32. The van der Waals surface area contributed by atoms with Gasteiger partial charge in [-0.05, 0) is 67.7 Å². The van der Waals surface area contributed by atoms with Gasteiger partial charge in [0.1, 0.15) is 11.6 Å². The molecule has 0 aliphatic heterocycles. The summed E-state index contributed by atoms with van der Waals surface area (Å²) in [5.74, 6) is 1.44. The molecule has 0 radical (unpaired) electrons. The smallest absolute Gasteiger partial charge is 0.228 e. The first-order valence-electron chi connectivity index (χ1n) is 10.9. The molecule has 0 saturated heterocycles. The van der Waals surface area contributed by atoms with Crippen molar-refractivity contribution in [3.8, 4) is 5.75 Å². The van der Waals surface area contributed by atoms with Crippen molar-refractivity contribution < 1.29 is 13.9 Å². The average Bonchev–Trinajstić information content (AvgIpc) is 3.23. The van der Waals surface area contributed by atoms with Crippen LogP contribution in [0.4, 0.5) is 9.52 Å². The Morgan fingerprint density at radius 2 is 1.88 bits per heavy atom. The summed E-state index contributed by atoms with van der Waals surface area (Å²) in [5, 5.41) is 0.733. The zero-order valence-electron chi connectivity index (χ0n) is 18.8. The van der Waals surface area contributed by atoms with Gasteiger partial charge in [0.25, 0.3) is 0 Å². The van der Waals surface area contributed by atoms with Gasteiger partial charge in [-0.3, -0.25) is 9.69 Å². The number of amides is 1. The number of carbonyl (C=O) groups is 1. The van der Waals surface area contributed by atoms with E-state index in [2.05, 4.69) is 18.7 Å². The number of halogens is 1. The number of ether oxygens (including phenoxy) is 1. The largest absolute Gasteiger partial charge is 0.497 e. The summed E-state index contributed by atoms with van der Waals surface area (Å²) in [6.07, 6.45) is 1.20. The second-order valence-electron chi connectivity index (χ2n) is 7.31. The van der Waals surface area contributed by atoms with E-state index in [0.717, 1.165) is 57.8 Å². The van der Waals surface area contributed by atoms with E-state index in [1.165, 1.54) is 23.5 Å². The number of hydrogen-bond donors (Lipinski definition) is 0. The number of nitrogens with zero attached hydrogens (tertiary/aromatic N) is 3. The van der Waals surface area contributed by atoms with Crippen LogP contribution in [0.2, 0.25) is 0 Å². The number of aromatic nitrogens is 1. The third-order valence-corrected chi connectivity index (χ3v) is 7.41. The SMILES string of the molecule is CCN(CC)CCN(C(=O)CCCSc1ccc(F)cc1)c1nc2ccc(OC)cc2s1. The van der Waals surface area contributed by atoms with Crippen LogP contribution in [0.1, 0.15) is 26.7 Å². The maximum Gasteiger partial charge on any atom is 0.228 e. The van der Waals surface area contributed by atoms with Gasteiger partial charge < -0.3 is 9.64 Å². The van der Waals surface area contributed by atoms with E-state index >= 15 is 0 Å². The number of carbonyl (C=O) groups excluding carboxylic acids is 1. The minimum Gasteiger partial charge on any atom is -0.497 e. The summed E-state index contributed by atoms with van der Waals surface area (Å²) in [7, 11) is 1.65. The molecule has 3 rings (SSSR count). The third-order valence-electron chi connectivity index (χ3n) is 5.27. The van der Waals surface area contributed by atoms with E-state index < -0.39 is 0 Å². The van der Waals surface area contributed by atoms with E-state index in [1.807, 2.05) is 23.1 Å². The van der Waals surface area contributed by atoms with Gasteiger partial charge in [-0.15, -0.1) is 11.8 Å². The molecule has 0 aliphatic rings. The zero-order valence-corrected chi connectivity index (χ0v) is 20.5. The molecule has 0 bridgehead atoms. The molecule has 8 heteroatoms. The van der Waals surface area contributed by atoms with Crippen LogP contribution in [0.3, 0.4) is 0 Å². The van der Waals surface area contributed by atoms with Crippen molar-refractivity contribution in [3.05, 3.63) is 48.3 Å². The summed E-state index contributed by atoms with van der Waals surface area (Å²) in [6.45, 7) is 7.58. The molecular formula is C24H30FN3O2S2. The van der Waals surface area contributed by atoms with Crippen molar-refractivity contribution in [1.29, 1.82) is 0 Å². The highest BCUT2D eigenvalue weighted by atomic mass is 32.2. The number of anilines is 1. The Morgan fingerprint density at radius 1 is 1.12 bits per heavy atom. The lowest BCUT2D eigenvalue weighted by molar-refractivity contribution is -0.118. The second kappa shape index (κ2) is 12.2. The van der Waals surface area contributed by atoms with Crippen LogP contribution < -0.4 is 9.64 Å². The zero-order chi connectivity index (χ0) is 22.9. The molecule has 0 aliphatic carbocycles. The quantitative estimate of drug-likeness (QED) is 0.249. The molecule has 0 unspecified atom stereocenters. The normalized spacial score (nSPS) is 11.3. The minimum atomic E-state index is -0.234. The molecule has 1 heterocycles. The Morgan fingerprint density at radius 3 is 2.56 bits per heavy atom. The van der Waals surface area contributed by atoms with Crippen LogP contribution in [0.25, 0.3) is 10.2 Å². The van der Waals surface area contributed by atoms with Crippen molar-refractivity contribution in [1.82, 2.24) is 9.88 Å². The van der Waals surface area contributed by atoms with E-state index in [9.17, 15) is 9.18 Å². The molecule has 3 aromatic rings. The lowest BCUT2D eigenvalue weighted by Gasteiger charge is -2.24. The summed E-state index contributed by atoms with van der Waals surface area (Å²) < 4.78 is 19.4. The van der Waals surface area contributed by atoms with Gasteiger partial charge >= 0.3 is 0 Å². The number of likely N-dealkylation sites (N-methyl/N-ethyl adjacent to an activating group) is 1. The summed E-state index contributed by atoms with van der Waals surface area (Å²) in [4.78, 5) is 23.1. The third kappa shape index (κ3) is 6.67. The number of rotatable bonds is 12. The van der Waals surface area contributed by atoms with Crippen molar-refractivity contribution in [2.75, 3.05) is 43.9 Å². The number of thioether (sulfide) groups is 1. The molecule has 0 fully saturated rings. The van der Waals surface area contributed by atoms with Gasteiger partial charge in [0, 0.05) is 24.4 Å². The van der Waals surface area contributed by atoms with Crippen molar-refractivity contribution in [2.24, 2.45) is 0 Å². The molecule has 0 spiro atoms. The van der Waals surface area contributed by atoms with Crippen LogP contribution in [-0.2, 0) is 4.79 Å². The van der Waals surface area contributed by atoms with Crippen LogP contribution in [0.15, 0.2) is 47.4 Å². The topological polar surface area (TPSA) is 45.7 Å². The summed E-state index contributed by atoms with van der Waals surface area (Å²) >= 11 is 3.16. The molecule has 5 nitrogen and oxygen atoms in total. The number of thiazole rings is 1. The second-order valence-corrected chi connectivity index (χ2v) is 9.49. The highest BCUT2D eigenvalue weighted by molar-refractivity contribution is 7.99. The molecule has 0 saturated carbocycles. The fourth-order valence-electron chi connectivity index (χ4n) is 3.32. The van der Waals surface area contributed by atoms with Crippen LogP contribution in [0, 0.1) is 5.82 Å². The number of methoxy groups -OCH3 is 1. The maximum absolute atomic E-state index is 13.2. The highest BCUT2D eigenvalue weighted by Gasteiger charge is 2.20. The van der Waals surface area contributed by atoms with E-state index in [4.69, 9.17) is 9.72 Å². The number of hydrogen-bond acceptors (Lipinski definition) is 6. The lowest BCUT2D eigenvalue weighted by atomic mass is 10.3. The van der Waals surface area contributed by atoms with E-state index in [0.29, 0.717) is 13.0 Å². The van der Waals surface area contributed by atoms with Gasteiger partial charge in [-0.25, -0.2) is 9.37 Å². The number of fused-ring (bicyclic) bond motifs is 1. The van der Waals surface area contributed by atoms with Crippen molar-refractivity contribution in [2.45, 2.75) is 31.6 Å². The lowest BCUT2D eigenvalue weighted by Crippen LogP contribution is -2.38. The van der Waals surface area contributed by atoms with Gasteiger partial charge in [-0.1, -0.05) is 25.2 Å². The van der Waals surface area contributed by atoms with Crippen molar-refractivity contribution in [3.63, 3.8) is 0 Å². The minimum absolute atomic E-state index is 0.0860. The van der Waals surface area contributed by atoms with Gasteiger partial charge in [0.15, 0.2) is 5.13 Å². The fourth-order valence-corrected chi connectivity index (χ4v) is 5.21. The van der Waals surface area contributed by atoms with Crippen molar-refractivity contribution >= 4 is 44.4 Å². The first-order chi connectivity index (χ1) is 15.5. The molecular weight excluding hydrogens is 445 g/mol. The summed E-state index contributed by atoms with van der Waals surface area (Å²) in [5.41, 5.74) is 0.873. The molecule has 2 aromatic carbocycles. The van der Waals surface area contributed by atoms with Crippen LogP contribution in [-0.4, -0.2) is 54.8 Å². The molecule has 32 heavy (non-hydrogen) atoms. The molecule has 172 valence electrons. The van der Waals surface area contributed by atoms with Gasteiger partial charge in [0.05, 0.1) is 17.3 Å². The first-order valence-corrected chi connectivity index (χ1v) is 12.7. The molecule has 1 aromatic heterocycles. The highest BCUT2D eigenvalue weighted by Crippen LogP contribution is 2.32.